The first-order valence-corrected chi connectivity index (χ1v) is 8.96. The molecular formula is C21H25ClN2. The fourth-order valence-electron chi connectivity index (χ4n) is 3.21. The Morgan fingerprint density at radius 2 is 1.75 bits per heavy atom. The summed E-state index contributed by atoms with van der Waals surface area (Å²) in [5.74, 6) is 0.654. The standard InChI is InChI=1S/C21H25ClN2/c1-15(2)12-23-13-19-16(3)24(21-11-7-5-9-18(19)21)14-17-8-4-6-10-20(17)22/h4-11,15,23H,12-14H2,1-3H3. The van der Waals surface area contributed by atoms with Crippen LogP contribution in [0.15, 0.2) is 48.5 Å². The molecule has 0 atom stereocenters. The van der Waals surface area contributed by atoms with Crippen molar-refractivity contribution in [2.24, 2.45) is 5.92 Å². The first-order valence-electron chi connectivity index (χ1n) is 8.58. The van der Waals surface area contributed by atoms with Gasteiger partial charge in [0.1, 0.15) is 0 Å². The van der Waals surface area contributed by atoms with E-state index >= 15 is 0 Å². The van der Waals surface area contributed by atoms with Crippen LogP contribution in [0.4, 0.5) is 0 Å². The lowest BCUT2D eigenvalue weighted by Gasteiger charge is -2.11. The zero-order valence-corrected chi connectivity index (χ0v) is 15.4. The van der Waals surface area contributed by atoms with Gasteiger partial charge in [0.05, 0.1) is 0 Å². The second kappa shape index (κ2) is 7.42. The van der Waals surface area contributed by atoms with E-state index in [0.717, 1.165) is 30.2 Å². The van der Waals surface area contributed by atoms with Crippen LogP contribution >= 0.6 is 11.6 Å². The van der Waals surface area contributed by atoms with Gasteiger partial charge in [-0.15, -0.1) is 0 Å². The summed E-state index contributed by atoms with van der Waals surface area (Å²) in [4.78, 5) is 0. The molecule has 2 aromatic carbocycles. The van der Waals surface area contributed by atoms with Crippen LogP contribution in [0.1, 0.15) is 30.7 Å². The molecule has 0 aliphatic rings. The molecule has 3 heteroatoms. The molecule has 1 N–H and O–H groups in total. The van der Waals surface area contributed by atoms with E-state index < -0.39 is 0 Å². The average molecular weight is 341 g/mol. The molecule has 24 heavy (non-hydrogen) atoms. The number of fused-ring (bicyclic) bond motifs is 1. The summed E-state index contributed by atoms with van der Waals surface area (Å²) in [6.45, 7) is 9.42. The molecule has 0 amide bonds. The topological polar surface area (TPSA) is 17.0 Å². The van der Waals surface area contributed by atoms with Gasteiger partial charge in [-0.05, 0) is 42.6 Å². The van der Waals surface area contributed by atoms with E-state index in [-0.39, 0.29) is 0 Å². The predicted octanol–water partition coefficient (Wildman–Crippen LogP) is 5.40. The Morgan fingerprint density at radius 3 is 2.50 bits per heavy atom. The largest absolute Gasteiger partial charge is 0.340 e. The van der Waals surface area contributed by atoms with Crippen molar-refractivity contribution in [1.82, 2.24) is 9.88 Å². The van der Waals surface area contributed by atoms with E-state index in [1.165, 1.54) is 22.2 Å². The van der Waals surface area contributed by atoms with Gasteiger partial charge in [0.25, 0.3) is 0 Å². The van der Waals surface area contributed by atoms with Gasteiger partial charge < -0.3 is 9.88 Å². The first kappa shape index (κ1) is 17.1. The van der Waals surface area contributed by atoms with Crippen molar-refractivity contribution in [2.45, 2.75) is 33.9 Å². The molecule has 0 fully saturated rings. The van der Waals surface area contributed by atoms with Crippen molar-refractivity contribution in [3.05, 3.63) is 70.4 Å². The molecular weight excluding hydrogens is 316 g/mol. The Balaban J connectivity index is 1.99. The third-order valence-corrected chi connectivity index (χ3v) is 4.87. The van der Waals surface area contributed by atoms with Crippen molar-refractivity contribution in [1.29, 1.82) is 0 Å². The van der Waals surface area contributed by atoms with E-state index in [1.54, 1.807) is 0 Å². The maximum absolute atomic E-state index is 6.38. The lowest BCUT2D eigenvalue weighted by molar-refractivity contribution is 0.551. The molecule has 0 saturated heterocycles. The molecule has 0 aliphatic heterocycles. The molecule has 0 unspecified atom stereocenters. The van der Waals surface area contributed by atoms with Crippen LogP contribution in [0.3, 0.4) is 0 Å². The first-order chi connectivity index (χ1) is 11.6. The summed E-state index contributed by atoms with van der Waals surface area (Å²) in [6.07, 6.45) is 0. The van der Waals surface area contributed by atoms with Crippen molar-refractivity contribution in [3.63, 3.8) is 0 Å². The lowest BCUT2D eigenvalue weighted by Crippen LogP contribution is -2.19. The minimum atomic E-state index is 0.654. The number of nitrogens with one attached hydrogen (secondary N) is 1. The lowest BCUT2D eigenvalue weighted by atomic mass is 10.1. The Hall–Kier alpha value is -1.77. The van der Waals surface area contributed by atoms with Crippen molar-refractivity contribution < 1.29 is 0 Å². The van der Waals surface area contributed by atoms with Crippen molar-refractivity contribution in [2.75, 3.05) is 6.54 Å². The second-order valence-corrected chi connectivity index (χ2v) is 7.19. The van der Waals surface area contributed by atoms with Crippen LogP contribution in [0, 0.1) is 12.8 Å². The third-order valence-electron chi connectivity index (χ3n) is 4.50. The van der Waals surface area contributed by atoms with Gasteiger partial charge in [0.15, 0.2) is 0 Å². The van der Waals surface area contributed by atoms with Gasteiger partial charge in [0, 0.05) is 34.7 Å². The molecule has 0 bridgehead atoms. The summed E-state index contributed by atoms with van der Waals surface area (Å²) >= 11 is 6.38. The van der Waals surface area contributed by atoms with Gasteiger partial charge in [-0.1, -0.05) is 61.8 Å². The summed E-state index contributed by atoms with van der Waals surface area (Å²) < 4.78 is 2.38. The van der Waals surface area contributed by atoms with E-state index in [1.807, 2.05) is 18.2 Å². The Labute approximate surface area is 149 Å². The normalized spacial score (nSPS) is 11.5. The fraction of sp³-hybridized carbons (Fsp3) is 0.333. The van der Waals surface area contributed by atoms with E-state index in [4.69, 9.17) is 11.6 Å². The van der Waals surface area contributed by atoms with Crippen LogP contribution in [-0.2, 0) is 13.1 Å². The SMILES string of the molecule is Cc1c(CNCC(C)C)c2ccccc2n1Cc1ccccc1Cl. The summed E-state index contributed by atoms with van der Waals surface area (Å²) in [5, 5.41) is 5.74. The van der Waals surface area contributed by atoms with E-state index in [9.17, 15) is 0 Å². The Morgan fingerprint density at radius 1 is 1.04 bits per heavy atom. The molecule has 0 spiro atoms. The van der Waals surface area contributed by atoms with Crippen molar-refractivity contribution >= 4 is 22.5 Å². The number of aromatic nitrogens is 1. The minimum absolute atomic E-state index is 0.654. The molecule has 126 valence electrons. The number of rotatable bonds is 6. The van der Waals surface area contributed by atoms with Crippen LogP contribution in [-0.4, -0.2) is 11.1 Å². The van der Waals surface area contributed by atoms with Crippen LogP contribution in [0.25, 0.3) is 10.9 Å². The van der Waals surface area contributed by atoms with Crippen LogP contribution in [0.2, 0.25) is 5.02 Å². The summed E-state index contributed by atoms with van der Waals surface area (Å²) in [6, 6.07) is 16.7. The third kappa shape index (κ3) is 3.50. The predicted molar refractivity (Wildman–Crippen MR) is 104 cm³/mol. The highest BCUT2D eigenvalue weighted by Gasteiger charge is 2.14. The number of hydrogen-bond donors (Lipinski definition) is 1. The average Bonchev–Trinajstić information content (AvgIpc) is 2.82. The van der Waals surface area contributed by atoms with Gasteiger partial charge in [-0.25, -0.2) is 0 Å². The molecule has 3 aromatic rings. The zero-order valence-electron chi connectivity index (χ0n) is 14.6. The number of nitrogens with zero attached hydrogens (tertiary/aromatic N) is 1. The van der Waals surface area contributed by atoms with Gasteiger partial charge in [-0.3, -0.25) is 0 Å². The quantitative estimate of drug-likeness (QED) is 0.636. The molecule has 0 saturated carbocycles. The molecule has 1 aromatic heterocycles. The molecule has 1 heterocycles. The minimum Gasteiger partial charge on any atom is -0.340 e. The maximum Gasteiger partial charge on any atom is 0.0493 e. The Bertz CT molecular complexity index is 833. The van der Waals surface area contributed by atoms with E-state index in [2.05, 4.69) is 61.0 Å². The molecule has 2 nitrogen and oxygen atoms in total. The van der Waals surface area contributed by atoms with E-state index in [0.29, 0.717) is 5.92 Å². The molecule has 0 aliphatic carbocycles. The van der Waals surface area contributed by atoms with Gasteiger partial charge in [-0.2, -0.15) is 0 Å². The van der Waals surface area contributed by atoms with Crippen LogP contribution in [0.5, 0.6) is 0 Å². The van der Waals surface area contributed by atoms with Crippen molar-refractivity contribution in [3.8, 4) is 0 Å². The summed E-state index contributed by atoms with van der Waals surface area (Å²) in [5.41, 5.74) is 5.13. The smallest absolute Gasteiger partial charge is 0.0493 e. The highest BCUT2D eigenvalue weighted by atomic mass is 35.5. The number of hydrogen-bond acceptors (Lipinski definition) is 1. The monoisotopic (exact) mass is 340 g/mol. The van der Waals surface area contributed by atoms with Gasteiger partial charge >= 0.3 is 0 Å². The zero-order chi connectivity index (χ0) is 17.1. The number of para-hydroxylation sites is 1. The highest BCUT2D eigenvalue weighted by molar-refractivity contribution is 6.31. The highest BCUT2D eigenvalue weighted by Crippen LogP contribution is 2.28. The fourth-order valence-corrected chi connectivity index (χ4v) is 3.41. The maximum atomic E-state index is 6.38. The van der Waals surface area contributed by atoms with Gasteiger partial charge in [0.2, 0.25) is 0 Å². The Kier molecular flexibility index (Phi) is 5.27. The summed E-state index contributed by atoms with van der Waals surface area (Å²) in [7, 11) is 0. The molecule has 3 rings (SSSR count). The molecule has 0 radical (unpaired) electrons. The number of benzene rings is 2. The number of halogens is 1. The second-order valence-electron chi connectivity index (χ2n) is 6.78. The van der Waals surface area contributed by atoms with Crippen LogP contribution < -0.4 is 5.32 Å².